The first-order valence-electron chi connectivity index (χ1n) is 6.18. The zero-order valence-corrected chi connectivity index (χ0v) is 12.7. The molecule has 0 aromatic heterocycles. The Labute approximate surface area is 127 Å². The summed E-state index contributed by atoms with van der Waals surface area (Å²) in [4.78, 5) is 11.3. The molecule has 0 unspecified atom stereocenters. The van der Waals surface area contributed by atoms with E-state index in [1.54, 1.807) is 0 Å². The summed E-state index contributed by atoms with van der Waals surface area (Å²) in [5, 5.41) is 19.6. The molecule has 0 saturated heterocycles. The molecule has 0 aliphatic rings. The minimum Gasteiger partial charge on any atom is -0.504 e. The molecule has 2 rings (SSSR count). The van der Waals surface area contributed by atoms with Crippen LogP contribution in [0.5, 0.6) is 17.2 Å². The number of phenolic OH excluding ortho intramolecular Hbond substituents is 2. The van der Waals surface area contributed by atoms with E-state index in [1.165, 1.54) is 37.4 Å². The summed E-state index contributed by atoms with van der Waals surface area (Å²) in [6.07, 6.45) is 1.50. The van der Waals surface area contributed by atoms with Crippen molar-refractivity contribution in [3.8, 4) is 28.4 Å². The molecular formula is C15H14O6S. The van der Waals surface area contributed by atoms with Crippen LogP contribution in [0.25, 0.3) is 11.1 Å². The lowest BCUT2D eigenvalue weighted by molar-refractivity contribution is 0.112. The van der Waals surface area contributed by atoms with Crippen LogP contribution in [-0.4, -0.2) is 38.3 Å². The van der Waals surface area contributed by atoms with Crippen LogP contribution in [0.4, 0.5) is 0 Å². The molecule has 0 bridgehead atoms. The minimum absolute atomic E-state index is 0.00490. The van der Waals surface area contributed by atoms with Crippen molar-refractivity contribution in [1.82, 2.24) is 0 Å². The predicted molar refractivity (Wildman–Crippen MR) is 80.3 cm³/mol. The Morgan fingerprint density at radius 3 is 2.14 bits per heavy atom. The molecule has 0 saturated carbocycles. The maximum atomic E-state index is 11.5. The molecular weight excluding hydrogens is 308 g/mol. The number of benzene rings is 2. The van der Waals surface area contributed by atoms with Crippen LogP contribution >= 0.6 is 0 Å². The van der Waals surface area contributed by atoms with Gasteiger partial charge in [0.15, 0.2) is 27.6 Å². The summed E-state index contributed by atoms with van der Waals surface area (Å²) < 4.78 is 27.9. The number of aromatic hydroxyl groups is 2. The summed E-state index contributed by atoms with van der Waals surface area (Å²) in [6.45, 7) is 0. The third kappa shape index (κ3) is 2.75. The van der Waals surface area contributed by atoms with Gasteiger partial charge in [0, 0.05) is 6.26 Å². The maximum absolute atomic E-state index is 11.5. The van der Waals surface area contributed by atoms with Gasteiger partial charge in [-0.25, -0.2) is 8.42 Å². The predicted octanol–water partition coefficient (Wildman–Crippen LogP) is 1.99. The van der Waals surface area contributed by atoms with Crippen molar-refractivity contribution < 1.29 is 28.2 Å². The van der Waals surface area contributed by atoms with Crippen molar-refractivity contribution in [2.24, 2.45) is 0 Å². The van der Waals surface area contributed by atoms with E-state index in [0.717, 1.165) is 6.26 Å². The summed E-state index contributed by atoms with van der Waals surface area (Å²) >= 11 is 0. The van der Waals surface area contributed by atoms with E-state index in [1.807, 2.05) is 0 Å². The summed E-state index contributed by atoms with van der Waals surface area (Å²) in [6, 6.07) is 7.21. The average Bonchev–Trinajstić information content (AvgIpc) is 2.49. The number of carbonyl (C=O) groups is 1. The van der Waals surface area contributed by atoms with E-state index in [2.05, 4.69) is 0 Å². The number of aldehydes is 1. The van der Waals surface area contributed by atoms with Crippen molar-refractivity contribution in [3.05, 3.63) is 35.9 Å². The monoisotopic (exact) mass is 322 g/mol. The van der Waals surface area contributed by atoms with Gasteiger partial charge in [0.25, 0.3) is 0 Å². The Morgan fingerprint density at radius 2 is 1.68 bits per heavy atom. The lowest BCUT2D eigenvalue weighted by Crippen LogP contribution is -1.97. The van der Waals surface area contributed by atoms with E-state index in [0.29, 0.717) is 17.4 Å². The van der Waals surface area contributed by atoms with Crippen LogP contribution in [0.3, 0.4) is 0 Å². The Morgan fingerprint density at radius 1 is 1.09 bits per heavy atom. The number of phenols is 2. The first kappa shape index (κ1) is 15.8. The molecule has 0 spiro atoms. The Kier molecular flexibility index (Phi) is 4.09. The number of hydrogen-bond donors (Lipinski definition) is 2. The highest BCUT2D eigenvalue weighted by molar-refractivity contribution is 7.90. The molecule has 116 valence electrons. The molecule has 0 heterocycles. The number of ether oxygens (including phenoxy) is 1. The van der Waals surface area contributed by atoms with Gasteiger partial charge < -0.3 is 14.9 Å². The summed E-state index contributed by atoms with van der Waals surface area (Å²) in [5.41, 5.74) is 0.718. The van der Waals surface area contributed by atoms with E-state index < -0.39 is 21.3 Å². The van der Waals surface area contributed by atoms with Crippen molar-refractivity contribution >= 4 is 16.1 Å². The normalized spacial score (nSPS) is 11.2. The Balaban J connectivity index is 2.66. The topological polar surface area (TPSA) is 101 Å². The number of methoxy groups -OCH3 is 1. The molecule has 7 heteroatoms. The fourth-order valence-corrected chi connectivity index (χ4v) is 2.67. The molecule has 0 aliphatic carbocycles. The van der Waals surface area contributed by atoms with Crippen molar-refractivity contribution in [1.29, 1.82) is 0 Å². The second kappa shape index (κ2) is 5.69. The molecule has 6 nitrogen and oxygen atoms in total. The van der Waals surface area contributed by atoms with Crippen LogP contribution in [0.15, 0.2) is 35.2 Å². The van der Waals surface area contributed by atoms with Crippen molar-refractivity contribution in [3.63, 3.8) is 0 Å². The minimum atomic E-state index is -3.33. The fraction of sp³-hybridized carbons (Fsp3) is 0.133. The van der Waals surface area contributed by atoms with Gasteiger partial charge in [-0.3, -0.25) is 4.79 Å². The first-order chi connectivity index (χ1) is 10.3. The molecule has 0 aliphatic heterocycles. The number of hydrogen-bond acceptors (Lipinski definition) is 6. The summed E-state index contributed by atoms with van der Waals surface area (Å²) in [5.74, 6) is -1.11. The van der Waals surface area contributed by atoms with E-state index in [-0.39, 0.29) is 16.2 Å². The van der Waals surface area contributed by atoms with Gasteiger partial charge >= 0.3 is 0 Å². The van der Waals surface area contributed by atoms with Gasteiger partial charge in [-0.15, -0.1) is 0 Å². The molecule has 2 aromatic rings. The van der Waals surface area contributed by atoms with Crippen LogP contribution in [-0.2, 0) is 9.84 Å². The third-order valence-electron chi connectivity index (χ3n) is 3.21. The highest BCUT2D eigenvalue weighted by Crippen LogP contribution is 2.43. The van der Waals surface area contributed by atoms with Gasteiger partial charge in [0.05, 0.1) is 17.6 Å². The Bertz CT molecular complexity index is 822. The number of rotatable bonds is 4. The zero-order chi connectivity index (χ0) is 16.5. The second-order valence-corrected chi connectivity index (χ2v) is 6.67. The lowest BCUT2D eigenvalue weighted by Gasteiger charge is -2.12. The zero-order valence-electron chi connectivity index (χ0n) is 11.9. The van der Waals surface area contributed by atoms with Crippen molar-refractivity contribution in [2.45, 2.75) is 4.90 Å². The van der Waals surface area contributed by atoms with Gasteiger partial charge in [0.2, 0.25) is 5.75 Å². The van der Waals surface area contributed by atoms with Gasteiger partial charge in [0.1, 0.15) is 0 Å². The van der Waals surface area contributed by atoms with Crippen LogP contribution in [0.1, 0.15) is 10.4 Å². The molecule has 2 N–H and O–H groups in total. The molecule has 0 atom stereocenters. The fourth-order valence-electron chi connectivity index (χ4n) is 2.04. The molecule has 0 amide bonds. The lowest BCUT2D eigenvalue weighted by atomic mass is 9.98. The molecule has 0 radical (unpaired) electrons. The van der Waals surface area contributed by atoms with Gasteiger partial charge in [-0.2, -0.15) is 0 Å². The largest absolute Gasteiger partial charge is 0.504 e. The standard InChI is InChI=1S/C15H14O6S/c1-21-13-7-11(12(8-16)14(17)15(13)18)9-3-5-10(6-4-9)22(2,19)20/h3-8,17-18H,1-2H3. The molecule has 22 heavy (non-hydrogen) atoms. The third-order valence-corrected chi connectivity index (χ3v) is 4.34. The molecule has 0 fully saturated rings. The maximum Gasteiger partial charge on any atom is 0.201 e. The van der Waals surface area contributed by atoms with Crippen LogP contribution < -0.4 is 4.74 Å². The second-order valence-electron chi connectivity index (χ2n) is 4.65. The number of carbonyl (C=O) groups excluding carboxylic acids is 1. The van der Waals surface area contributed by atoms with E-state index in [4.69, 9.17) is 4.74 Å². The van der Waals surface area contributed by atoms with Crippen LogP contribution in [0.2, 0.25) is 0 Å². The van der Waals surface area contributed by atoms with E-state index in [9.17, 15) is 23.4 Å². The highest BCUT2D eigenvalue weighted by atomic mass is 32.2. The SMILES string of the molecule is COc1cc(-c2ccc(S(C)(=O)=O)cc2)c(C=O)c(O)c1O. The summed E-state index contributed by atoms with van der Waals surface area (Å²) in [7, 11) is -2.02. The van der Waals surface area contributed by atoms with Gasteiger partial charge in [-0.1, -0.05) is 12.1 Å². The number of sulfone groups is 1. The molecule has 2 aromatic carbocycles. The highest BCUT2D eigenvalue weighted by Gasteiger charge is 2.19. The van der Waals surface area contributed by atoms with Crippen LogP contribution in [0, 0.1) is 0 Å². The van der Waals surface area contributed by atoms with Crippen molar-refractivity contribution in [2.75, 3.05) is 13.4 Å². The smallest absolute Gasteiger partial charge is 0.201 e. The average molecular weight is 322 g/mol. The Hall–Kier alpha value is -2.54. The van der Waals surface area contributed by atoms with Gasteiger partial charge in [-0.05, 0) is 29.3 Å². The quantitative estimate of drug-likeness (QED) is 0.659. The first-order valence-corrected chi connectivity index (χ1v) is 8.07. The van der Waals surface area contributed by atoms with E-state index >= 15 is 0 Å².